The van der Waals surface area contributed by atoms with Crippen LogP contribution in [0.3, 0.4) is 0 Å². The molecule has 0 bridgehead atoms. The first-order chi connectivity index (χ1) is 11.7. The van der Waals surface area contributed by atoms with Gasteiger partial charge in [0, 0.05) is 19.3 Å². The summed E-state index contributed by atoms with van der Waals surface area (Å²) in [5.41, 5.74) is 0.973. The number of morpholine rings is 1. The number of carbonyl (C=O) groups is 1. The average molecular weight is 349 g/mol. The Morgan fingerprint density at radius 2 is 2.25 bits per heavy atom. The van der Waals surface area contributed by atoms with Gasteiger partial charge in [0.2, 0.25) is 5.16 Å². The molecule has 0 saturated carbocycles. The highest BCUT2D eigenvalue weighted by Gasteiger charge is 2.25. The van der Waals surface area contributed by atoms with E-state index >= 15 is 0 Å². The zero-order chi connectivity index (χ0) is 16.8. The van der Waals surface area contributed by atoms with Crippen LogP contribution < -0.4 is 0 Å². The van der Waals surface area contributed by atoms with E-state index in [1.807, 2.05) is 30.3 Å². The molecule has 1 atom stereocenters. The molecule has 128 valence electrons. The number of amides is 1. The van der Waals surface area contributed by atoms with Gasteiger partial charge in [-0.3, -0.25) is 0 Å². The van der Waals surface area contributed by atoms with E-state index in [4.69, 9.17) is 9.47 Å². The standard InChI is InChI=1S/C15H19N5O3S/c1-19-14(16-17-18-19)24-11-13-9-20(7-8-22-13)15(21)23-10-12-5-3-2-4-6-12/h2-6,13H,7-11H2,1H3/t13-/m1/s1. The minimum Gasteiger partial charge on any atom is -0.445 e. The van der Waals surface area contributed by atoms with Gasteiger partial charge in [0.05, 0.1) is 19.3 Å². The Labute approximate surface area is 144 Å². The van der Waals surface area contributed by atoms with E-state index in [0.717, 1.165) is 10.7 Å². The van der Waals surface area contributed by atoms with Gasteiger partial charge in [0.25, 0.3) is 0 Å². The van der Waals surface area contributed by atoms with Gasteiger partial charge >= 0.3 is 6.09 Å². The van der Waals surface area contributed by atoms with Crippen molar-refractivity contribution in [2.45, 2.75) is 17.9 Å². The number of aryl methyl sites for hydroxylation is 1. The van der Waals surface area contributed by atoms with Gasteiger partial charge in [0.1, 0.15) is 6.61 Å². The topological polar surface area (TPSA) is 82.4 Å². The number of carbonyl (C=O) groups excluding carboxylic acids is 1. The first-order valence-electron chi connectivity index (χ1n) is 7.65. The van der Waals surface area contributed by atoms with Crippen LogP contribution in [-0.2, 0) is 23.1 Å². The number of nitrogens with zero attached hydrogens (tertiary/aromatic N) is 5. The Kier molecular flexibility index (Phi) is 5.65. The molecule has 1 fully saturated rings. The van der Waals surface area contributed by atoms with Crippen LogP contribution in [0.25, 0.3) is 0 Å². The number of benzene rings is 1. The minimum atomic E-state index is -0.308. The maximum Gasteiger partial charge on any atom is 0.410 e. The summed E-state index contributed by atoms with van der Waals surface area (Å²) >= 11 is 1.51. The molecule has 0 spiro atoms. The third-order valence-electron chi connectivity index (χ3n) is 3.58. The monoisotopic (exact) mass is 349 g/mol. The zero-order valence-corrected chi connectivity index (χ0v) is 14.2. The van der Waals surface area contributed by atoms with Crippen LogP contribution in [0.5, 0.6) is 0 Å². The highest BCUT2D eigenvalue weighted by Crippen LogP contribution is 2.18. The largest absolute Gasteiger partial charge is 0.445 e. The molecule has 2 heterocycles. The quantitative estimate of drug-likeness (QED) is 0.753. The third kappa shape index (κ3) is 4.45. The maximum absolute atomic E-state index is 12.2. The van der Waals surface area contributed by atoms with Gasteiger partial charge in [-0.25, -0.2) is 9.48 Å². The number of tetrazole rings is 1. The first-order valence-corrected chi connectivity index (χ1v) is 8.63. The van der Waals surface area contributed by atoms with Crippen molar-refractivity contribution in [3.63, 3.8) is 0 Å². The van der Waals surface area contributed by atoms with Gasteiger partial charge in [-0.2, -0.15) is 0 Å². The molecule has 1 amide bonds. The summed E-state index contributed by atoms with van der Waals surface area (Å²) in [5.74, 6) is 0.677. The molecular weight excluding hydrogens is 330 g/mol. The van der Waals surface area contributed by atoms with Crippen LogP contribution in [0.15, 0.2) is 35.5 Å². The van der Waals surface area contributed by atoms with Crippen molar-refractivity contribution in [1.29, 1.82) is 0 Å². The summed E-state index contributed by atoms with van der Waals surface area (Å²) in [6.07, 6.45) is -0.373. The van der Waals surface area contributed by atoms with E-state index < -0.39 is 0 Å². The lowest BCUT2D eigenvalue weighted by Crippen LogP contribution is -2.46. The summed E-state index contributed by atoms with van der Waals surface area (Å²) < 4.78 is 12.7. The van der Waals surface area contributed by atoms with Crippen LogP contribution in [0.4, 0.5) is 4.79 Å². The van der Waals surface area contributed by atoms with E-state index in [2.05, 4.69) is 15.5 Å². The lowest BCUT2D eigenvalue weighted by molar-refractivity contribution is -0.0171. The lowest BCUT2D eigenvalue weighted by Gasteiger charge is -2.32. The van der Waals surface area contributed by atoms with Crippen molar-refractivity contribution in [3.05, 3.63) is 35.9 Å². The minimum absolute atomic E-state index is 0.0651. The molecule has 24 heavy (non-hydrogen) atoms. The normalized spacial score (nSPS) is 17.7. The van der Waals surface area contributed by atoms with E-state index in [-0.39, 0.29) is 18.8 Å². The molecular formula is C15H19N5O3S. The molecule has 8 nitrogen and oxygen atoms in total. The second kappa shape index (κ2) is 8.11. The molecule has 0 radical (unpaired) electrons. The second-order valence-corrected chi connectivity index (χ2v) is 6.36. The van der Waals surface area contributed by atoms with E-state index in [1.54, 1.807) is 16.6 Å². The Bertz CT molecular complexity index is 666. The predicted molar refractivity (Wildman–Crippen MR) is 87.5 cm³/mol. The van der Waals surface area contributed by atoms with Crippen LogP contribution in [0.1, 0.15) is 5.56 Å². The van der Waals surface area contributed by atoms with Gasteiger partial charge in [0.15, 0.2) is 0 Å². The molecule has 1 aliphatic heterocycles. The van der Waals surface area contributed by atoms with Crippen molar-refractivity contribution < 1.29 is 14.3 Å². The molecule has 1 aliphatic rings. The Balaban J connectivity index is 1.46. The first kappa shape index (κ1) is 16.7. The number of hydrogen-bond donors (Lipinski definition) is 0. The summed E-state index contributed by atoms with van der Waals surface area (Å²) in [4.78, 5) is 13.9. The molecule has 1 aromatic carbocycles. The van der Waals surface area contributed by atoms with Gasteiger partial charge in [-0.15, -0.1) is 5.10 Å². The molecule has 0 aliphatic carbocycles. The van der Waals surface area contributed by atoms with Crippen molar-refractivity contribution in [3.8, 4) is 0 Å². The second-order valence-electron chi connectivity index (χ2n) is 5.38. The molecule has 0 unspecified atom stereocenters. The van der Waals surface area contributed by atoms with Crippen molar-refractivity contribution in [2.24, 2.45) is 7.05 Å². The molecule has 3 rings (SSSR count). The number of aromatic nitrogens is 4. The van der Waals surface area contributed by atoms with E-state index in [1.165, 1.54) is 11.8 Å². The molecule has 0 N–H and O–H groups in total. The van der Waals surface area contributed by atoms with Crippen LogP contribution in [0.2, 0.25) is 0 Å². The van der Waals surface area contributed by atoms with Gasteiger partial charge < -0.3 is 14.4 Å². The molecule has 1 aromatic heterocycles. The third-order valence-corrected chi connectivity index (χ3v) is 4.72. The summed E-state index contributed by atoms with van der Waals surface area (Å²) in [7, 11) is 1.79. The lowest BCUT2D eigenvalue weighted by atomic mass is 10.2. The molecule has 2 aromatic rings. The van der Waals surface area contributed by atoms with Crippen molar-refractivity contribution in [2.75, 3.05) is 25.4 Å². The summed E-state index contributed by atoms with van der Waals surface area (Å²) in [6.45, 7) is 1.83. The van der Waals surface area contributed by atoms with E-state index in [9.17, 15) is 4.79 Å². The molecule has 9 heteroatoms. The number of thioether (sulfide) groups is 1. The fourth-order valence-electron chi connectivity index (χ4n) is 2.31. The fourth-order valence-corrected chi connectivity index (χ4v) is 3.16. The number of ether oxygens (including phenoxy) is 2. The van der Waals surface area contributed by atoms with Crippen LogP contribution in [0, 0.1) is 0 Å². The predicted octanol–water partition coefficient (Wildman–Crippen LogP) is 1.34. The van der Waals surface area contributed by atoms with Crippen LogP contribution >= 0.6 is 11.8 Å². The number of hydrogen-bond acceptors (Lipinski definition) is 7. The van der Waals surface area contributed by atoms with Crippen LogP contribution in [-0.4, -0.2) is 62.8 Å². The highest BCUT2D eigenvalue weighted by atomic mass is 32.2. The average Bonchev–Trinajstić information content (AvgIpc) is 3.04. The highest BCUT2D eigenvalue weighted by molar-refractivity contribution is 7.99. The fraction of sp³-hybridized carbons (Fsp3) is 0.467. The van der Waals surface area contributed by atoms with E-state index in [0.29, 0.717) is 25.4 Å². The molecule has 1 saturated heterocycles. The van der Waals surface area contributed by atoms with Gasteiger partial charge in [-0.05, 0) is 16.0 Å². The number of rotatable bonds is 5. The van der Waals surface area contributed by atoms with Gasteiger partial charge in [-0.1, -0.05) is 42.1 Å². The summed E-state index contributed by atoms with van der Waals surface area (Å²) in [6, 6.07) is 9.64. The Morgan fingerprint density at radius 3 is 3.00 bits per heavy atom. The Hall–Kier alpha value is -2.13. The SMILES string of the molecule is Cn1nnnc1SC[C@H]1CN(C(=O)OCc2ccccc2)CCO1. The maximum atomic E-state index is 12.2. The smallest absolute Gasteiger partial charge is 0.410 e. The zero-order valence-electron chi connectivity index (χ0n) is 13.4. The van der Waals surface area contributed by atoms with Crippen molar-refractivity contribution >= 4 is 17.9 Å². The van der Waals surface area contributed by atoms with Crippen molar-refractivity contribution in [1.82, 2.24) is 25.1 Å². The summed E-state index contributed by atoms with van der Waals surface area (Å²) in [5, 5.41) is 12.0. The Morgan fingerprint density at radius 1 is 1.42 bits per heavy atom.